The van der Waals surface area contributed by atoms with Crippen LogP contribution in [0.1, 0.15) is 43.2 Å². The Hall–Kier alpha value is -1.40. The maximum absolute atomic E-state index is 12.0. The van der Waals surface area contributed by atoms with E-state index in [4.69, 9.17) is 0 Å². The fourth-order valence-corrected chi connectivity index (χ4v) is 5.89. The predicted molar refractivity (Wildman–Crippen MR) is 107 cm³/mol. The van der Waals surface area contributed by atoms with Crippen molar-refractivity contribution >= 4 is 27.5 Å². The largest absolute Gasteiger partial charge is 0.352 e. The second kappa shape index (κ2) is 9.92. The molecule has 0 spiro atoms. The van der Waals surface area contributed by atoms with Gasteiger partial charge in [-0.3, -0.25) is 4.79 Å². The fraction of sp³-hybridized carbons (Fsp3) is 0.474. The number of aromatic nitrogens is 2. The summed E-state index contributed by atoms with van der Waals surface area (Å²) in [4.78, 5) is 16.0. The standard InChI is InChI=1S/C19H25N3OS2/c23-19(4-2-1-3-18-9-12-24-25-18)21-13-16-5-7-17(8-6-16)14-22-11-10-20-15-22/h5-8,10-11,15,18H,1-4,9,12-14H2,(H,21,23). The molecular weight excluding hydrogens is 350 g/mol. The van der Waals surface area contributed by atoms with Crippen molar-refractivity contribution in [3.05, 3.63) is 54.1 Å². The molecule has 1 aromatic heterocycles. The van der Waals surface area contributed by atoms with Gasteiger partial charge in [0.05, 0.1) is 6.33 Å². The second-order valence-corrected chi connectivity index (χ2v) is 9.19. The summed E-state index contributed by atoms with van der Waals surface area (Å²) in [5.74, 6) is 1.45. The third-order valence-corrected chi connectivity index (χ3v) is 7.35. The minimum Gasteiger partial charge on any atom is -0.352 e. The van der Waals surface area contributed by atoms with Crippen LogP contribution in [0.5, 0.6) is 0 Å². The zero-order valence-electron chi connectivity index (χ0n) is 14.4. The first-order valence-electron chi connectivity index (χ1n) is 8.88. The number of nitrogens with one attached hydrogen (secondary N) is 1. The van der Waals surface area contributed by atoms with Crippen molar-refractivity contribution in [2.45, 2.75) is 50.4 Å². The van der Waals surface area contributed by atoms with E-state index in [1.165, 1.54) is 24.2 Å². The number of carbonyl (C=O) groups excluding carboxylic acids is 1. The Balaban J connectivity index is 1.31. The summed E-state index contributed by atoms with van der Waals surface area (Å²) in [6.45, 7) is 1.43. The molecular formula is C19H25N3OS2. The van der Waals surface area contributed by atoms with E-state index in [0.717, 1.165) is 30.2 Å². The van der Waals surface area contributed by atoms with Crippen molar-refractivity contribution in [1.82, 2.24) is 14.9 Å². The first-order chi connectivity index (χ1) is 12.3. The maximum Gasteiger partial charge on any atom is 0.220 e. The minimum absolute atomic E-state index is 0.163. The molecule has 2 heterocycles. The number of carbonyl (C=O) groups is 1. The number of amides is 1. The normalized spacial score (nSPS) is 16.9. The number of imidazole rings is 1. The van der Waals surface area contributed by atoms with E-state index in [9.17, 15) is 4.79 Å². The molecule has 4 nitrogen and oxygen atoms in total. The molecule has 0 bridgehead atoms. The molecule has 1 saturated heterocycles. The van der Waals surface area contributed by atoms with Crippen LogP contribution in [0.2, 0.25) is 0 Å². The molecule has 3 rings (SSSR count). The van der Waals surface area contributed by atoms with Crippen molar-refractivity contribution in [2.24, 2.45) is 0 Å². The second-order valence-electron chi connectivity index (χ2n) is 6.40. The van der Waals surface area contributed by atoms with Gasteiger partial charge in [-0.25, -0.2) is 4.98 Å². The summed E-state index contributed by atoms with van der Waals surface area (Å²) in [5.41, 5.74) is 2.37. The van der Waals surface area contributed by atoms with Crippen LogP contribution < -0.4 is 5.32 Å². The lowest BCUT2D eigenvalue weighted by Gasteiger charge is -2.08. The van der Waals surface area contributed by atoms with Gasteiger partial charge in [-0.05, 0) is 30.4 Å². The molecule has 1 aliphatic heterocycles. The smallest absolute Gasteiger partial charge is 0.220 e. The van der Waals surface area contributed by atoms with E-state index in [1.54, 1.807) is 6.20 Å². The summed E-state index contributed by atoms with van der Waals surface area (Å²) in [7, 11) is 4.01. The van der Waals surface area contributed by atoms with Crippen LogP contribution in [-0.4, -0.2) is 26.5 Å². The average molecular weight is 376 g/mol. The van der Waals surface area contributed by atoms with E-state index in [0.29, 0.717) is 13.0 Å². The Bertz CT molecular complexity index is 637. The van der Waals surface area contributed by atoms with Crippen molar-refractivity contribution in [3.63, 3.8) is 0 Å². The third-order valence-electron chi connectivity index (χ3n) is 4.34. The predicted octanol–water partition coefficient (Wildman–Crippen LogP) is 4.26. The number of rotatable bonds is 9. The van der Waals surface area contributed by atoms with E-state index in [-0.39, 0.29) is 5.91 Å². The molecule has 1 unspecified atom stereocenters. The van der Waals surface area contributed by atoms with E-state index in [2.05, 4.69) is 34.6 Å². The lowest BCUT2D eigenvalue weighted by Crippen LogP contribution is -2.22. The van der Waals surface area contributed by atoms with Gasteiger partial charge in [0, 0.05) is 42.9 Å². The number of hydrogen-bond donors (Lipinski definition) is 1. The molecule has 1 N–H and O–H groups in total. The van der Waals surface area contributed by atoms with E-state index < -0.39 is 0 Å². The molecule has 6 heteroatoms. The number of nitrogens with zero attached hydrogens (tertiary/aromatic N) is 2. The van der Waals surface area contributed by atoms with Crippen molar-refractivity contribution in [1.29, 1.82) is 0 Å². The summed E-state index contributed by atoms with van der Waals surface area (Å²) >= 11 is 0. The Labute approximate surface area is 157 Å². The highest BCUT2D eigenvalue weighted by Gasteiger charge is 2.15. The van der Waals surface area contributed by atoms with Crippen molar-refractivity contribution < 1.29 is 4.79 Å². The van der Waals surface area contributed by atoms with Gasteiger partial charge in [-0.15, -0.1) is 0 Å². The van der Waals surface area contributed by atoms with Crippen molar-refractivity contribution in [2.75, 3.05) is 5.75 Å². The van der Waals surface area contributed by atoms with Crippen LogP contribution in [0, 0.1) is 0 Å². The quantitative estimate of drug-likeness (QED) is 0.525. The molecule has 1 aromatic carbocycles. The molecule has 1 aliphatic rings. The van der Waals surface area contributed by atoms with Gasteiger partial charge in [0.15, 0.2) is 0 Å². The molecule has 1 amide bonds. The minimum atomic E-state index is 0.163. The van der Waals surface area contributed by atoms with Gasteiger partial charge in [-0.2, -0.15) is 0 Å². The highest BCUT2D eigenvalue weighted by atomic mass is 33.1. The van der Waals surface area contributed by atoms with Crippen molar-refractivity contribution in [3.8, 4) is 0 Å². The summed E-state index contributed by atoms with van der Waals surface area (Å²) in [6, 6.07) is 8.39. The maximum atomic E-state index is 12.0. The average Bonchev–Trinajstić information content (AvgIpc) is 3.32. The van der Waals surface area contributed by atoms with Gasteiger partial charge in [0.25, 0.3) is 0 Å². The highest BCUT2D eigenvalue weighted by Crippen LogP contribution is 2.39. The van der Waals surface area contributed by atoms with E-state index >= 15 is 0 Å². The first kappa shape index (κ1) is 18.4. The summed E-state index contributed by atoms with van der Waals surface area (Å²) < 4.78 is 2.04. The number of benzene rings is 1. The topological polar surface area (TPSA) is 46.9 Å². The molecule has 0 saturated carbocycles. The molecule has 1 atom stereocenters. The van der Waals surface area contributed by atoms with Crippen LogP contribution in [-0.2, 0) is 17.9 Å². The lowest BCUT2D eigenvalue weighted by molar-refractivity contribution is -0.121. The van der Waals surface area contributed by atoms with E-state index in [1.807, 2.05) is 38.7 Å². The van der Waals surface area contributed by atoms with Gasteiger partial charge in [0.2, 0.25) is 5.91 Å². The van der Waals surface area contributed by atoms with Gasteiger partial charge in [-0.1, -0.05) is 52.3 Å². The van der Waals surface area contributed by atoms with Crippen LogP contribution in [0.25, 0.3) is 0 Å². The molecule has 2 aromatic rings. The monoisotopic (exact) mass is 375 g/mol. The SMILES string of the molecule is O=C(CCCCC1CCSS1)NCc1ccc(Cn2ccnc2)cc1. The van der Waals surface area contributed by atoms with Crippen LogP contribution in [0.4, 0.5) is 0 Å². The molecule has 0 radical (unpaired) electrons. The third kappa shape index (κ3) is 6.44. The molecule has 25 heavy (non-hydrogen) atoms. The van der Waals surface area contributed by atoms with Gasteiger partial charge in [0.1, 0.15) is 0 Å². The number of unbranched alkanes of at least 4 members (excludes halogenated alkanes) is 1. The Kier molecular flexibility index (Phi) is 7.30. The summed E-state index contributed by atoms with van der Waals surface area (Å²) in [5, 5.41) is 3.84. The zero-order chi connectivity index (χ0) is 17.3. The Morgan fingerprint density at radius 3 is 2.80 bits per heavy atom. The fourth-order valence-electron chi connectivity index (χ4n) is 2.86. The van der Waals surface area contributed by atoms with Crippen LogP contribution in [0.3, 0.4) is 0 Å². The molecule has 0 aliphatic carbocycles. The highest BCUT2D eigenvalue weighted by molar-refractivity contribution is 8.77. The zero-order valence-corrected chi connectivity index (χ0v) is 16.0. The Morgan fingerprint density at radius 1 is 1.24 bits per heavy atom. The summed E-state index contributed by atoms with van der Waals surface area (Å²) in [6.07, 6.45) is 10.9. The number of hydrogen-bond acceptors (Lipinski definition) is 4. The molecule has 1 fully saturated rings. The van der Waals surface area contributed by atoms with Crippen LogP contribution >= 0.6 is 21.6 Å². The first-order valence-corrected chi connectivity index (χ1v) is 11.3. The molecule has 134 valence electrons. The lowest BCUT2D eigenvalue weighted by atomic mass is 10.1. The van der Waals surface area contributed by atoms with Gasteiger partial charge < -0.3 is 9.88 Å². The van der Waals surface area contributed by atoms with Crippen LogP contribution in [0.15, 0.2) is 43.0 Å². The van der Waals surface area contributed by atoms with Gasteiger partial charge >= 0.3 is 0 Å². The Morgan fingerprint density at radius 2 is 2.08 bits per heavy atom.